The van der Waals surface area contributed by atoms with E-state index in [1.807, 2.05) is 17.7 Å². The minimum Gasteiger partial charge on any atom is -0.307 e. The molecular weight excluding hydrogens is 218 g/mol. The van der Waals surface area contributed by atoms with Crippen molar-refractivity contribution >= 4 is 12.2 Å². The number of H-pyrrole nitrogens is 1. The van der Waals surface area contributed by atoms with Gasteiger partial charge in [-0.15, -0.1) is 0 Å². The van der Waals surface area contributed by atoms with Crippen LogP contribution in [-0.2, 0) is 7.05 Å². The first kappa shape index (κ1) is 11.1. The normalized spacial score (nSPS) is 12.6. The van der Waals surface area contributed by atoms with Gasteiger partial charge in [-0.05, 0) is 24.2 Å². The molecular formula is C12H15N3S. The molecule has 4 heteroatoms. The van der Waals surface area contributed by atoms with Crippen LogP contribution >= 0.6 is 12.2 Å². The summed E-state index contributed by atoms with van der Waals surface area (Å²) in [4.78, 5) is 0. The van der Waals surface area contributed by atoms with E-state index in [9.17, 15) is 0 Å². The van der Waals surface area contributed by atoms with Crippen LogP contribution in [0.4, 0.5) is 0 Å². The van der Waals surface area contributed by atoms with Crippen LogP contribution in [0.2, 0.25) is 0 Å². The third-order valence-electron chi connectivity index (χ3n) is 2.84. The Labute approximate surface area is 100 Å². The van der Waals surface area contributed by atoms with E-state index in [1.54, 1.807) is 0 Å². The van der Waals surface area contributed by atoms with E-state index >= 15 is 0 Å². The highest BCUT2D eigenvalue weighted by atomic mass is 32.1. The van der Waals surface area contributed by atoms with Gasteiger partial charge in [-0.25, -0.2) is 0 Å². The predicted octanol–water partition coefficient (Wildman–Crippen LogP) is 3.02. The molecule has 3 nitrogen and oxygen atoms in total. The van der Waals surface area contributed by atoms with Gasteiger partial charge >= 0.3 is 0 Å². The maximum atomic E-state index is 5.14. The molecule has 1 unspecified atom stereocenters. The molecule has 2 aromatic rings. The van der Waals surface area contributed by atoms with Crippen LogP contribution in [0.3, 0.4) is 0 Å². The van der Waals surface area contributed by atoms with Crippen molar-refractivity contribution in [3.8, 4) is 0 Å². The predicted molar refractivity (Wildman–Crippen MR) is 67.0 cm³/mol. The number of rotatable bonds is 3. The van der Waals surface area contributed by atoms with Gasteiger partial charge in [-0.2, -0.15) is 5.10 Å². The van der Waals surface area contributed by atoms with Gasteiger partial charge in [0.25, 0.3) is 0 Å². The molecule has 0 spiro atoms. The second kappa shape index (κ2) is 4.61. The maximum absolute atomic E-state index is 5.14. The van der Waals surface area contributed by atoms with Crippen LogP contribution in [-0.4, -0.2) is 14.8 Å². The first-order valence-corrected chi connectivity index (χ1v) is 5.81. The van der Waals surface area contributed by atoms with Crippen molar-refractivity contribution in [2.24, 2.45) is 7.05 Å². The highest BCUT2D eigenvalue weighted by molar-refractivity contribution is 7.71. The van der Waals surface area contributed by atoms with Crippen LogP contribution < -0.4 is 0 Å². The van der Waals surface area contributed by atoms with Crippen molar-refractivity contribution in [1.82, 2.24) is 14.8 Å². The highest BCUT2D eigenvalue weighted by Gasteiger charge is 2.16. The SMILES string of the molecule is CCC(c1ccccc1)c1n[nH]c(=S)n1C. The Balaban J connectivity index is 2.45. The quantitative estimate of drug-likeness (QED) is 0.827. The fourth-order valence-corrected chi connectivity index (χ4v) is 2.06. The van der Waals surface area contributed by atoms with Gasteiger partial charge in [-0.1, -0.05) is 37.3 Å². The Kier molecular flexibility index (Phi) is 3.19. The molecule has 0 saturated carbocycles. The molecule has 1 heterocycles. The average molecular weight is 233 g/mol. The third kappa shape index (κ3) is 1.93. The molecule has 1 atom stereocenters. The first-order chi connectivity index (χ1) is 7.74. The van der Waals surface area contributed by atoms with Gasteiger partial charge in [0.1, 0.15) is 5.82 Å². The molecule has 0 radical (unpaired) electrons. The lowest BCUT2D eigenvalue weighted by Crippen LogP contribution is -2.07. The van der Waals surface area contributed by atoms with E-state index in [1.165, 1.54) is 5.56 Å². The summed E-state index contributed by atoms with van der Waals surface area (Å²) in [5.41, 5.74) is 1.28. The third-order valence-corrected chi connectivity index (χ3v) is 3.20. The molecule has 1 N–H and O–H groups in total. The van der Waals surface area contributed by atoms with Crippen LogP contribution in [0.25, 0.3) is 0 Å². The monoisotopic (exact) mass is 233 g/mol. The molecule has 16 heavy (non-hydrogen) atoms. The number of nitrogens with zero attached hydrogens (tertiary/aromatic N) is 2. The summed E-state index contributed by atoms with van der Waals surface area (Å²) in [6.45, 7) is 2.16. The van der Waals surface area contributed by atoms with Crippen molar-refractivity contribution in [3.63, 3.8) is 0 Å². The Morgan fingerprint density at radius 3 is 2.56 bits per heavy atom. The molecule has 0 aliphatic heterocycles. The summed E-state index contributed by atoms with van der Waals surface area (Å²) in [6.07, 6.45) is 1.01. The standard InChI is InChI=1S/C12H15N3S/c1-3-10(9-7-5-4-6-8-9)11-13-14-12(16)15(11)2/h4-8,10H,3H2,1-2H3,(H,14,16). The van der Waals surface area contributed by atoms with Crippen LogP contribution in [0.1, 0.15) is 30.7 Å². The number of benzene rings is 1. The van der Waals surface area contributed by atoms with Crippen molar-refractivity contribution in [3.05, 3.63) is 46.5 Å². The molecule has 2 rings (SSSR count). The Hall–Kier alpha value is -1.42. The van der Waals surface area contributed by atoms with Crippen molar-refractivity contribution < 1.29 is 0 Å². The minimum absolute atomic E-state index is 0.305. The van der Waals surface area contributed by atoms with Crippen LogP contribution in [0.15, 0.2) is 30.3 Å². The Bertz CT molecular complexity index is 513. The summed E-state index contributed by atoms with van der Waals surface area (Å²) in [5, 5.41) is 7.15. The zero-order valence-corrected chi connectivity index (χ0v) is 10.3. The Morgan fingerprint density at radius 1 is 1.38 bits per heavy atom. The second-order valence-electron chi connectivity index (χ2n) is 3.82. The average Bonchev–Trinajstić information content (AvgIpc) is 2.64. The number of hydrogen-bond acceptors (Lipinski definition) is 2. The summed E-state index contributed by atoms with van der Waals surface area (Å²) in [5.74, 6) is 1.30. The van der Waals surface area contributed by atoms with Gasteiger partial charge in [0.2, 0.25) is 0 Å². The smallest absolute Gasteiger partial charge is 0.194 e. The van der Waals surface area contributed by atoms with Crippen LogP contribution in [0.5, 0.6) is 0 Å². The van der Waals surface area contributed by atoms with E-state index in [2.05, 4.69) is 41.4 Å². The zero-order valence-electron chi connectivity index (χ0n) is 9.47. The van der Waals surface area contributed by atoms with Crippen molar-refractivity contribution in [2.45, 2.75) is 19.3 Å². The summed E-state index contributed by atoms with van der Waals surface area (Å²) in [6, 6.07) is 10.4. The molecule has 0 amide bonds. The van der Waals surface area contributed by atoms with Crippen molar-refractivity contribution in [1.29, 1.82) is 0 Å². The Morgan fingerprint density at radius 2 is 2.06 bits per heavy atom. The topological polar surface area (TPSA) is 33.6 Å². The highest BCUT2D eigenvalue weighted by Crippen LogP contribution is 2.25. The van der Waals surface area contributed by atoms with E-state index in [4.69, 9.17) is 12.2 Å². The number of nitrogens with one attached hydrogen (secondary N) is 1. The van der Waals surface area contributed by atoms with Gasteiger partial charge < -0.3 is 4.57 Å². The van der Waals surface area contributed by atoms with E-state index < -0.39 is 0 Å². The van der Waals surface area contributed by atoms with Crippen molar-refractivity contribution in [2.75, 3.05) is 0 Å². The van der Waals surface area contributed by atoms with Gasteiger partial charge in [-0.3, -0.25) is 5.10 Å². The molecule has 0 aliphatic carbocycles. The molecule has 0 aliphatic rings. The largest absolute Gasteiger partial charge is 0.307 e. The molecule has 0 fully saturated rings. The number of hydrogen-bond donors (Lipinski definition) is 1. The lowest BCUT2D eigenvalue weighted by molar-refractivity contribution is 0.669. The van der Waals surface area contributed by atoms with Crippen LogP contribution in [0, 0.1) is 4.77 Å². The molecule has 84 valence electrons. The molecule has 0 saturated heterocycles. The molecule has 1 aromatic heterocycles. The summed E-state index contributed by atoms with van der Waals surface area (Å²) in [7, 11) is 1.95. The zero-order chi connectivity index (χ0) is 11.5. The lowest BCUT2D eigenvalue weighted by atomic mass is 9.96. The van der Waals surface area contributed by atoms with E-state index in [0.717, 1.165) is 12.2 Å². The van der Waals surface area contributed by atoms with E-state index in [-0.39, 0.29) is 0 Å². The molecule has 0 bridgehead atoms. The first-order valence-electron chi connectivity index (χ1n) is 5.40. The van der Waals surface area contributed by atoms with Gasteiger partial charge in [0.15, 0.2) is 4.77 Å². The fourth-order valence-electron chi connectivity index (χ4n) is 1.92. The summed E-state index contributed by atoms with van der Waals surface area (Å²) >= 11 is 5.14. The number of aromatic amines is 1. The van der Waals surface area contributed by atoms with Gasteiger partial charge in [0, 0.05) is 13.0 Å². The fraction of sp³-hybridized carbons (Fsp3) is 0.333. The lowest BCUT2D eigenvalue weighted by Gasteiger charge is -2.13. The second-order valence-corrected chi connectivity index (χ2v) is 4.20. The van der Waals surface area contributed by atoms with E-state index in [0.29, 0.717) is 10.7 Å². The summed E-state index contributed by atoms with van der Waals surface area (Å²) < 4.78 is 2.61. The van der Waals surface area contributed by atoms with Gasteiger partial charge in [0.05, 0.1) is 0 Å². The minimum atomic E-state index is 0.305. The molecule has 1 aromatic carbocycles. The number of aromatic nitrogens is 3. The maximum Gasteiger partial charge on any atom is 0.194 e.